The second-order valence-corrected chi connectivity index (χ2v) is 6.81. The third-order valence-corrected chi connectivity index (χ3v) is 4.59. The Morgan fingerprint density at radius 1 is 1.00 bits per heavy atom. The fourth-order valence-corrected chi connectivity index (χ4v) is 2.94. The number of pyridine rings is 2. The van der Waals surface area contributed by atoms with Crippen LogP contribution in [0.2, 0.25) is 0 Å². The molecule has 2 amide bonds. The van der Waals surface area contributed by atoms with Crippen LogP contribution >= 0.6 is 0 Å². The molecule has 0 radical (unpaired) electrons. The summed E-state index contributed by atoms with van der Waals surface area (Å²) in [6.07, 6.45) is 2.82. The van der Waals surface area contributed by atoms with Gasteiger partial charge in [-0.3, -0.25) is 9.59 Å². The van der Waals surface area contributed by atoms with Crippen molar-refractivity contribution in [2.75, 3.05) is 45.1 Å². The number of hydrogen-bond donors (Lipinski definition) is 3. The molecule has 0 aliphatic rings. The molecule has 0 bridgehead atoms. The van der Waals surface area contributed by atoms with Crippen LogP contribution in [0.25, 0.3) is 0 Å². The number of ether oxygens (including phenoxy) is 3. The van der Waals surface area contributed by atoms with Crippen molar-refractivity contribution in [3.8, 4) is 11.5 Å². The first kappa shape index (κ1) is 24.4. The van der Waals surface area contributed by atoms with Crippen LogP contribution in [0.1, 0.15) is 20.7 Å². The van der Waals surface area contributed by atoms with E-state index >= 15 is 0 Å². The molecule has 0 aliphatic carbocycles. The van der Waals surface area contributed by atoms with Gasteiger partial charge in [0.15, 0.2) is 0 Å². The molecule has 0 aliphatic heterocycles. The van der Waals surface area contributed by atoms with Gasteiger partial charge < -0.3 is 30.2 Å². The largest absolute Gasteiger partial charge is 0.496 e. The summed E-state index contributed by atoms with van der Waals surface area (Å²) in [5.74, 6) is -0.654. The lowest BCUT2D eigenvalue weighted by Gasteiger charge is -2.14. The topological polar surface area (TPSA) is 124 Å². The zero-order chi connectivity index (χ0) is 24.5. The zero-order valence-electron chi connectivity index (χ0n) is 18.8. The third-order valence-electron chi connectivity index (χ3n) is 4.59. The maximum atomic E-state index is 14.3. The lowest BCUT2D eigenvalue weighted by atomic mass is 10.1. The first-order valence-corrected chi connectivity index (χ1v) is 10.2. The minimum Gasteiger partial charge on any atom is -0.496 e. The third kappa shape index (κ3) is 5.95. The second kappa shape index (κ2) is 11.6. The van der Waals surface area contributed by atoms with Crippen LogP contribution in [0, 0.1) is 5.82 Å². The number of nitrogens with zero attached hydrogens (tertiary/aromatic N) is 2. The van der Waals surface area contributed by atoms with E-state index in [2.05, 4.69) is 25.9 Å². The predicted molar refractivity (Wildman–Crippen MR) is 123 cm³/mol. The average molecular weight is 469 g/mol. The van der Waals surface area contributed by atoms with E-state index in [0.717, 1.165) is 6.07 Å². The van der Waals surface area contributed by atoms with E-state index in [9.17, 15) is 14.0 Å². The van der Waals surface area contributed by atoms with Gasteiger partial charge in [0.1, 0.15) is 41.1 Å². The molecule has 1 aromatic carbocycles. The summed E-state index contributed by atoms with van der Waals surface area (Å²) >= 11 is 0. The fourth-order valence-electron chi connectivity index (χ4n) is 2.94. The number of carbonyl (C=O) groups is 2. The lowest BCUT2D eigenvalue weighted by molar-refractivity contribution is 0.0963. The summed E-state index contributed by atoms with van der Waals surface area (Å²) < 4.78 is 29.9. The van der Waals surface area contributed by atoms with E-state index < -0.39 is 17.6 Å². The zero-order valence-corrected chi connectivity index (χ0v) is 18.8. The number of aromatic nitrogens is 2. The Labute approximate surface area is 195 Å². The Kier molecular flexibility index (Phi) is 8.30. The minimum atomic E-state index is -0.784. The number of rotatable bonds is 10. The van der Waals surface area contributed by atoms with Crippen LogP contribution in [0.3, 0.4) is 0 Å². The minimum absolute atomic E-state index is 0.0587. The summed E-state index contributed by atoms with van der Waals surface area (Å²) in [7, 11) is 4.36. The van der Waals surface area contributed by atoms with Gasteiger partial charge in [-0.25, -0.2) is 14.4 Å². The first-order chi connectivity index (χ1) is 16.5. The fraction of sp³-hybridized carbons (Fsp3) is 0.217. The van der Waals surface area contributed by atoms with Crippen LogP contribution in [0.15, 0.2) is 48.8 Å². The molecule has 0 spiro atoms. The van der Waals surface area contributed by atoms with Gasteiger partial charge in [-0.15, -0.1) is 0 Å². The maximum Gasteiger partial charge on any atom is 0.262 e. The van der Waals surface area contributed by atoms with Crippen molar-refractivity contribution in [2.24, 2.45) is 0 Å². The average Bonchev–Trinajstić information content (AvgIpc) is 2.84. The number of hydrogen-bond acceptors (Lipinski definition) is 8. The molecular weight excluding hydrogens is 445 g/mol. The van der Waals surface area contributed by atoms with Crippen molar-refractivity contribution < 1.29 is 28.2 Å². The van der Waals surface area contributed by atoms with E-state index in [1.807, 2.05) is 0 Å². The van der Waals surface area contributed by atoms with Gasteiger partial charge >= 0.3 is 0 Å². The van der Waals surface area contributed by atoms with Gasteiger partial charge in [-0.2, -0.15) is 0 Å². The van der Waals surface area contributed by atoms with E-state index in [1.165, 1.54) is 44.8 Å². The smallest absolute Gasteiger partial charge is 0.262 e. The van der Waals surface area contributed by atoms with Gasteiger partial charge in [0.2, 0.25) is 0 Å². The van der Waals surface area contributed by atoms with Crippen molar-refractivity contribution >= 4 is 29.1 Å². The monoisotopic (exact) mass is 469 g/mol. The Bertz CT molecular complexity index is 1160. The van der Waals surface area contributed by atoms with Crippen molar-refractivity contribution in [2.45, 2.75) is 0 Å². The van der Waals surface area contributed by atoms with Crippen LogP contribution in [-0.4, -0.2) is 56.3 Å². The molecule has 0 saturated carbocycles. The van der Waals surface area contributed by atoms with Gasteiger partial charge in [-0.05, 0) is 24.3 Å². The Morgan fingerprint density at radius 3 is 2.47 bits per heavy atom. The number of methoxy groups -OCH3 is 2. The summed E-state index contributed by atoms with van der Waals surface area (Å²) in [4.78, 5) is 33.6. The summed E-state index contributed by atoms with van der Waals surface area (Å²) in [5.41, 5.74) is -0.0804. The van der Waals surface area contributed by atoms with Crippen molar-refractivity contribution in [1.82, 2.24) is 15.3 Å². The molecule has 2 aromatic heterocycles. The van der Waals surface area contributed by atoms with E-state index in [0.29, 0.717) is 30.6 Å². The number of amides is 2. The molecule has 3 rings (SSSR count). The van der Waals surface area contributed by atoms with Gasteiger partial charge in [0, 0.05) is 26.4 Å². The highest BCUT2D eigenvalue weighted by molar-refractivity contribution is 6.10. The van der Waals surface area contributed by atoms with E-state index in [4.69, 9.17) is 14.2 Å². The number of halogens is 1. The predicted octanol–water partition coefficient (Wildman–Crippen LogP) is 3.01. The lowest BCUT2D eigenvalue weighted by Crippen LogP contribution is -2.22. The van der Waals surface area contributed by atoms with Gasteiger partial charge in [0.25, 0.3) is 11.8 Å². The Balaban J connectivity index is 1.84. The molecule has 0 unspecified atom stereocenters. The number of benzene rings is 1. The molecule has 11 heteroatoms. The molecule has 3 aromatic rings. The first-order valence-electron chi connectivity index (χ1n) is 10.2. The molecule has 3 N–H and O–H groups in total. The van der Waals surface area contributed by atoms with Gasteiger partial charge in [0.05, 0.1) is 31.2 Å². The highest BCUT2D eigenvalue weighted by Crippen LogP contribution is 2.26. The SMILES string of the molecule is CNC(=O)c1cnc(Nc2ccc(OCCOC)cn2)cc1NC(=O)c1c(F)cccc1OC. The van der Waals surface area contributed by atoms with Gasteiger partial charge in [-0.1, -0.05) is 6.07 Å². The molecule has 0 atom stereocenters. The van der Waals surface area contributed by atoms with Crippen LogP contribution in [-0.2, 0) is 4.74 Å². The molecule has 34 heavy (non-hydrogen) atoms. The quantitative estimate of drug-likeness (QED) is 0.387. The summed E-state index contributed by atoms with van der Waals surface area (Å²) in [5, 5.41) is 8.04. The molecule has 0 saturated heterocycles. The highest BCUT2D eigenvalue weighted by Gasteiger charge is 2.21. The van der Waals surface area contributed by atoms with Crippen LogP contribution in [0.4, 0.5) is 21.7 Å². The molecule has 178 valence electrons. The Morgan fingerprint density at radius 2 is 1.79 bits per heavy atom. The number of carbonyl (C=O) groups excluding carboxylic acids is 2. The molecule has 0 fully saturated rings. The van der Waals surface area contributed by atoms with E-state index in [1.54, 1.807) is 19.2 Å². The molecular formula is C23H24FN5O5. The molecule has 2 heterocycles. The van der Waals surface area contributed by atoms with Crippen LogP contribution < -0.4 is 25.4 Å². The Hall–Kier alpha value is -4.25. The normalized spacial score (nSPS) is 10.4. The maximum absolute atomic E-state index is 14.3. The molecule has 10 nitrogen and oxygen atoms in total. The van der Waals surface area contributed by atoms with Crippen molar-refractivity contribution in [3.63, 3.8) is 0 Å². The highest BCUT2D eigenvalue weighted by atomic mass is 19.1. The number of nitrogens with one attached hydrogen (secondary N) is 3. The van der Waals surface area contributed by atoms with Crippen molar-refractivity contribution in [3.05, 3.63) is 65.7 Å². The summed E-state index contributed by atoms with van der Waals surface area (Å²) in [6.45, 7) is 0.845. The summed E-state index contributed by atoms with van der Waals surface area (Å²) in [6, 6.07) is 8.88. The number of anilines is 3. The standard InChI is InChI=1S/C23H24FN5O5/c1-25-22(30)15-13-27-20(29-19-8-7-14(12-26-19)34-10-9-32-2)11-17(15)28-23(31)21-16(24)5-4-6-18(21)33-3/h4-8,11-13H,9-10H2,1-3H3,(H,25,30)(H2,26,27,28,29,31). The van der Waals surface area contributed by atoms with E-state index in [-0.39, 0.29) is 22.6 Å². The second-order valence-electron chi connectivity index (χ2n) is 6.81. The van der Waals surface area contributed by atoms with Crippen LogP contribution in [0.5, 0.6) is 11.5 Å². The van der Waals surface area contributed by atoms with Crippen molar-refractivity contribution in [1.29, 1.82) is 0 Å².